The Morgan fingerprint density at radius 1 is 0.622 bits per heavy atom. The molecule has 2 fully saturated rings. The molecule has 2 saturated heterocycles. The van der Waals surface area contributed by atoms with Crippen molar-refractivity contribution in [3.05, 3.63) is 0 Å². The zero-order chi connectivity index (χ0) is 33.9. The zero-order valence-corrected chi connectivity index (χ0v) is 27.0. The topological polar surface area (TPSA) is 235 Å². The standard InChI is InChI=1S/C32H58O13/c1-4-5-6-7-8-10-13-16-21(34)32(43,30(41)42)31(17-14-11-9-12-15-18-33,28-26(39)24(37)22(35)19(2)44-28)29-27(40)25(38)23(36)20(3)45-29/h19-20,22-29,33,35-40,43H,4-18H2,1-3H3,(H,41,42)/t19-,20-,22-,23-,24+,25+,26+,27+,28?,29?,31?,32?/m1/s1. The minimum absolute atomic E-state index is 0.0176. The van der Waals surface area contributed by atoms with E-state index in [1.807, 2.05) is 0 Å². The molecule has 2 aliphatic rings. The summed E-state index contributed by atoms with van der Waals surface area (Å²) in [6, 6.07) is 0. The number of carbonyl (C=O) groups is 2. The van der Waals surface area contributed by atoms with Gasteiger partial charge in [0.1, 0.15) is 36.6 Å². The predicted octanol–water partition coefficient (Wildman–Crippen LogP) is 0.571. The quantitative estimate of drug-likeness (QED) is 0.0648. The molecule has 0 bridgehead atoms. The molecule has 2 heterocycles. The monoisotopic (exact) mass is 650 g/mol. The Morgan fingerprint density at radius 2 is 1.04 bits per heavy atom. The van der Waals surface area contributed by atoms with Crippen LogP contribution in [-0.4, -0.2) is 131 Å². The molecule has 0 aromatic rings. The van der Waals surface area contributed by atoms with Crippen LogP contribution in [0.3, 0.4) is 0 Å². The van der Waals surface area contributed by atoms with E-state index >= 15 is 0 Å². The minimum atomic E-state index is -3.36. The van der Waals surface area contributed by atoms with Gasteiger partial charge in [0.25, 0.3) is 0 Å². The summed E-state index contributed by atoms with van der Waals surface area (Å²) in [5.74, 6) is -3.10. The van der Waals surface area contributed by atoms with Gasteiger partial charge in [-0.3, -0.25) is 4.79 Å². The van der Waals surface area contributed by atoms with Gasteiger partial charge in [-0.25, -0.2) is 4.79 Å². The van der Waals surface area contributed by atoms with Gasteiger partial charge in [0.2, 0.25) is 5.60 Å². The predicted molar refractivity (Wildman–Crippen MR) is 162 cm³/mol. The van der Waals surface area contributed by atoms with E-state index in [4.69, 9.17) is 14.6 Å². The lowest BCUT2D eigenvalue weighted by Crippen LogP contribution is -2.78. The summed E-state index contributed by atoms with van der Waals surface area (Å²) in [5.41, 5.74) is -5.88. The number of hydrogen-bond donors (Lipinski definition) is 9. The van der Waals surface area contributed by atoms with Crippen LogP contribution in [0.1, 0.15) is 111 Å². The van der Waals surface area contributed by atoms with E-state index in [9.17, 15) is 50.4 Å². The highest BCUT2D eigenvalue weighted by atomic mass is 16.6. The van der Waals surface area contributed by atoms with Gasteiger partial charge in [-0.05, 0) is 33.1 Å². The fraction of sp³-hybridized carbons (Fsp3) is 0.938. The van der Waals surface area contributed by atoms with Gasteiger partial charge < -0.3 is 55.4 Å². The van der Waals surface area contributed by atoms with Crippen molar-refractivity contribution in [2.24, 2.45) is 5.41 Å². The van der Waals surface area contributed by atoms with Gasteiger partial charge in [-0.2, -0.15) is 0 Å². The number of unbranched alkanes of at least 4 members (excludes halogenated alkanes) is 10. The highest BCUT2D eigenvalue weighted by Gasteiger charge is 2.72. The number of aliphatic hydroxyl groups is 8. The molecule has 9 N–H and O–H groups in total. The Morgan fingerprint density at radius 3 is 1.49 bits per heavy atom. The average molecular weight is 651 g/mol. The Labute approximate surface area is 266 Å². The molecule has 0 aliphatic carbocycles. The first-order valence-electron chi connectivity index (χ1n) is 16.7. The molecule has 0 aromatic heterocycles. The molecule has 11 atom stereocenters. The molecule has 13 heteroatoms. The third kappa shape index (κ3) is 8.81. The molecule has 0 saturated carbocycles. The van der Waals surface area contributed by atoms with Crippen LogP contribution >= 0.6 is 0 Å². The van der Waals surface area contributed by atoms with E-state index in [0.29, 0.717) is 32.1 Å². The average Bonchev–Trinajstić information content (AvgIpc) is 3.01. The lowest BCUT2D eigenvalue weighted by atomic mass is 9.55. The molecule has 0 spiro atoms. The summed E-state index contributed by atoms with van der Waals surface area (Å²) in [7, 11) is 0. The number of aliphatic hydroxyl groups excluding tert-OH is 7. The number of carbonyl (C=O) groups excluding carboxylic acids is 1. The van der Waals surface area contributed by atoms with Crippen LogP contribution in [0.2, 0.25) is 0 Å². The van der Waals surface area contributed by atoms with Gasteiger partial charge in [-0.15, -0.1) is 0 Å². The first-order chi connectivity index (χ1) is 21.2. The van der Waals surface area contributed by atoms with Gasteiger partial charge in [-0.1, -0.05) is 71.1 Å². The van der Waals surface area contributed by atoms with Crippen molar-refractivity contribution in [2.45, 2.75) is 177 Å². The van der Waals surface area contributed by atoms with E-state index < -0.39 is 83.8 Å². The van der Waals surface area contributed by atoms with Crippen LogP contribution < -0.4 is 0 Å². The van der Waals surface area contributed by atoms with Gasteiger partial charge in [0, 0.05) is 13.0 Å². The van der Waals surface area contributed by atoms with Gasteiger partial charge >= 0.3 is 5.97 Å². The van der Waals surface area contributed by atoms with Crippen molar-refractivity contribution >= 4 is 11.8 Å². The van der Waals surface area contributed by atoms with Crippen LogP contribution in [0, 0.1) is 5.41 Å². The van der Waals surface area contributed by atoms with Crippen LogP contribution in [0.25, 0.3) is 0 Å². The van der Waals surface area contributed by atoms with Crippen molar-refractivity contribution in [2.75, 3.05) is 6.61 Å². The molecule has 3 unspecified atom stereocenters. The fourth-order valence-electron chi connectivity index (χ4n) is 7.05. The number of carboxylic acids is 1. The maximum absolute atomic E-state index is 14.1. The number of Topliss-reactive ketones (excluding diaryl/α,β-unsaturated/α-hetero) is 1. The van der Waals surface area contributed by atoms with Crippen molar-refractivity contribution < 1.29 is 65.0 Å². The van der Waals surface area contributed by atoms with Crippen LogP contribution in [0.15, 0.2) is 0 Å². The molecule has 2 aliphatic heterocycles. The number of aliphatic carboxylic acids is 1. The largest absolute Gasteiger partial charge is 0.479 e. The van der Waals surface area contributed by atoms with Crippen LogP contribution in [0.5, 0.6) is 0 Å². The van der Waals surface area contributed by atoms with Gasteiger partial charge in [0.15, 0.2) is 5.78 Å². The number of rotatable bonds is 20. The Hall–Kier alpha value is -1.26. The maximum atomic E-state index is 14.1. The lowest BCUT2D eigenvalue weighted by Gasteiger charge is -2.59. The Bertz CT molecular complexity index is 868. The molecule has 264 valence electrons. The van der Waals surface area contributed by atoms with Crippen molar-refractivity contribution in [3.63, 3.8) is 0 Å². The van der Waals surface area contributed by atoms with E-state index in [2.05, 4.69) is 6.92 Å². The van der Waals surface area contributed by atoms with Crippen LogP contribution in [-0.2, 0) is 19.1 Å². The number of ketones is 1. The highest BCUT2D eigenvalue weighted by molar-refractivity contribution is 6.07. The lowest BCUT2D eigenvalue weighted by molar-refractivity contribution is -0.325. The minimum Gasteiger partial charge on any atom is -0.479 e. The summed E-state index contributed by atoms with van der Waals surface area (Å²) in [6.07, 6.45) is -9.90. The Balaban J connectivity index is 2.68. The first-order valence-corrected chi connectivity index (χ1v) is 16.7. The molecule has 2 rings (SSSR count). The number of ether oxygens (including phenoxy) is 2. The maximum Gasteiger partial charge on any atom is 0.344 e. The van der Waals surface area contributed by atoms with Crippen molar-refractivity contribution in [1.82, 2.24) is 0 Å². The third-order valence-corrected chi connectivity index (χ3v) is 9.86. The summed E-state index contributed by atoms with van der Waals surface area (Å²) in [6.45, 7) is 4.81. The first kappa shape index (κ1) is 39.9. The SMILES string of the molecule is CCCCCCCCCC(=O)C(O)(C(=O)O)C(CCCCCCCO)(C1O[C@H](C)[C@@H](O)[C@H](O)[C@@H]1O)C1O[C@H](C)[C@@H](O)[C@H](O)[C@@H]1O. The molecule has 45 heavy (non-hydrogen) atoms. The molecular weight excluding hydrogens is 592 g/mol. The second kappa shape index (κ2) is 18.3. The second-order valence-electron chi connectivity index (χ2n) is 13.1. The van der Waals surface area contributed by atoms with Gasteiger partial charge in [0.05, 0.1) is 29.8 Å². The second-order valence-corrected chi connectivity index (χ2v) is 13.1. The van der Waals surface area contributed by atoms with Crippen molar-refractivity contribution in [3.8, 4) is 0 Å². The molecule has 13 nitrogen and oxygen atoms in total. The summed E-state index contributed by atoms with van der Waals surface area (Å²) < 4.78 is 11.9. The van der Waals surface area contributed by atoms with E-state index in [0.717, 1.165) is 32.1 Å². The smallest absolute Gasteiger partial charge is 0.344 e. The molecule has 0 aromatic carbocycles. The summed E-state index contributed by atoms with van der Waals surface area (Å²) in [5, 5.41) is 97.5. The third-order valence-electron chi connectivity index (χ3n) is 9.86. The van der Waals surface area contributed by atoms with E-state index in [-0.39, 0.29) is 32.3 Å². The zero-order valence-electron chi connectivity index (χ0n) is 27.0. The van der Waals surface area contributed by atoms with E-state index in [1.54, 1.807) is 0 Å². The van der Waals surface area contributed by atoms with Crippen molar-refractivity contribution in [1.29, 1.82) is 0 Å². The van der Waals surface area contributed by atoms with Crippen LogP contribution in [0.4, 0.5) is 0 Å². The molecular formula is C32H58O13. The molecule has 0 amide bonds. The normalized spacial score (nSPS) is 35.0. The summed E-state index contributed by atoms with van der Waals surface area (Å²) >= 11 is 0. The molecule has 0 radical (unpaired) electrons. The number of carboxylic acid groups (broad SMARTS) is 1. The number of hydrogen-bond acceptors (Lipinski definition) is 12. The Kier molecular flexibility index (Phi) is 16.3. The summed E-state index contributed by atoms with van der Waals surface area (Å²) in [4.78, 5) is 27.3. The highest BCUT2D eigenvalue weighted by Crippen LogP contribution is 2.53. The van der Waals surface area contributed by atoms with E-state index in [1.165, 1.54) is 13.8 Å². The fourth-order valence-corrected chi connectivity index (χ4v) is 7.05.